The largest absolute Gasteiger partial charge is 0.383 e. The molecule has 0 radical (unpaired) electrons. The van der Waals surface area contributed by atoms with Gasteiger partial charge in [0.1, 0.15) is 0 Å². The molecule has 2 aliphatic rings. The first-order valence-corrected chi connectivity index (χ1v) is 10.8. The molecule has 1 saturated carbocycles. The van der Waals surface area contributed by atoms with E-state index < -0.39 is 11.5 Å². The Hall–Kier alpha value is -2.99. The van der Waals surface area contributed by atoms with Crippen LogP contribution < -0.4 is 5.32 Å². The number of rotatable bonds is 6. The zero-order chi connectivity index (χ0) is 22.0. The van der Waals surface area contributed by atoms with Gasteiger partial charge in [0.05, 0.1) is 18.1 Å². The number of nitrogens with zero attached hydrogens (tertiary/aromatic N) is 1. The second-order valence-corrected chi connectivity index (χ2v) is 8.41. The summed E-state index contributed by atoms with van der Waals surface area (Å²) in [4.78, 5) is 40.8. The third-order valence-electron chi connectivity index (χ3n) is 6.61. The van der Waals surface area contributed by atoms with Crippen LogP contribution in [0.25, 0.3) is 0 Å². The van der Waals surface area contributed by atoms with Crippen LogP contribution in [0.2, 0.25) is 0 Å². The van der Waals surface area contributed by atoms with Crippen molar-refractivity contribution < 1.29 is 19.1 Å². The van der Waals surface area contributed by atoms with E-state index in [4.69, 9.17) is 4.74 Å². The van der Waals surface area contributed by atoms with Crippen molar-refractivity contribution in [1.82, 2.24) is 4.90 Å². The van der Waals surface area contributed by atoms with Gasteiger partial charge in [-0.3, -0.25) is 14.4 Å². The topological polar surface area (TPSA) is 75.7 Å². The summed E-state index contributed by atoms with van der Waals surface area (Å²) in [6.45, 7) is 2.38. The number of methoxy groups -OCH3 is 1. The average molecular weight is 421 g/mol. The highest BCUT2D eigenvalue weighted by atomic mass is 16.5. The Morgan fingerprint density at radius 3 is 2.58 bits per heavy atom. The van der Waals surface area contributed by atoms with Crippen molar-refractivity contribution in [2.75, 3.05) is 25.6 Å². The van der Waals surface area contributed by atoms with Gasteiger partial charge in [-0.25, -0.2) is 0 Å². The average Bonchev–Trinajstić information content (AvgIpc) is 3.23. The predicted octanol–water partition coefficient (Wildman–Crippen LogP) is 4.03. The molecule has 2 amide bonds. The van der Waals surface area contributed by atoms with E-state index in [1.807, 2.05) is 23.1 Å². The third-order valence-corrected chi connectivity index (χ3v) is 6.61. The molecule has 1 unspecified atom stereocenters. The molecule has 1 heterocycles. The number of nitrogens with one attached hydrogen (secondary N) is 1. The van der Waals surface area contributed by atoms with Gasteiger partial charge in [-0.15, -0.1) is 0 Å². The summed E-state index contributed by atoms with van der Waals surface area (Å²) in [5.74, 6) is -0.716. The standard InChI is InChI=1S/C25H28N2O4/c1-17(28)18-8-7-9-19(16-18)26-23(29)22-20-10-3-4-11-21(20)24(30)27(14-15-31-2)25(22)12-5-6-13-25/h3-4,7-11,16,22H,5-6,12-15H2,1-2H3,(H,26,29). The van der Waals surface area contributed by atoms with Gasteiger partial charge in [0.15, 0.2) is 5.78 Å². The Bertz CT molecular complexity index is 1010. The molecule has 1 N–H and O–H groups in total. The maximum atomic E-state index is 13.7. The highest BCUT2D eigenvalue weighted by Gasteiger charge is 2.55. The van der Waals surface area contributed by atoms with Crippen LogP contribution in [-0.4, -0.2) is 48.3 Å². The van der Waals surface area contributed by atoms with Crippen LogP contribution in [0.1, 0.15) is 64.8 Å². The number of Topliss-reactive ketones (excluding diaryl/α,β-unsaturated/α-hetero) is 1. The smallest absolute Gasteiger partial charge is 0.254 e. The van der Waals surface area contributed by atoms with Crippen molar-refractivity contribution in [3.05, 3.63) is 65.2 Å². The molecule has 1 aliphatic carbocycles. The molecular formula is C25H28N2O4. The van der Waals surface area contributed by atoms with E-state index in [-0.39, 0.29) is 17.6 Å². The molecule has 1 atom stereocenters. The fourth-order valence-electron chi connectivity index (χ4n) is 5.20. The van der Waals surface area contributed by atoms with Crippen LogP contribution in [0.4, 0.5) is 5.69 Å². The van der Waals surface area contributed by atoms with E-state index in [1.165, 1.54) is 6.92 Å². The minimum Gasteiger partial charge on any atom is -0.383 e. The van der Waals surface area contributed by atoms with Gasteiger partial charge in [0.2, 0.25) is 5.91 Å². The van der Waals surface area contributed by atoms with Crippen LogP contribution in [0, 0.1) is 0 Å². The molecule has 1 spiro atoms. The number of benzene rings is 2. The lowest BCUT2D eigenvalue weighted by Gasteiger charge is -2.50. The molecule has 1 fully saturated rings. The van der Waals surface area contributed by atoms with Crippen molar-refractivity contribution in [3.8, 4) is 0 Å². The Balaban J connectivity index is 1.76. The van der Waals surface area contributed by atoms with Crippen LogP contribution >= 0.6 is 0 Å². The Labute approximate surface area is 182 Å². The molecule has 162 valence electrons. The van der Waals surface area contributed by atoms with Gasteiger partial charge in [-0.2, -0.15) is 0 Å². The number of amides is 2. The highest BCUT2D eigenvalue weighted by molar-refractivity contribution is 6.05. The lowest BCUT2D eigenvalue weighted by atomic mass is 9.71. The zero-order valence-corrected chi connectivity index (χ0v) is 18.0. The Morgan fingerprint density at radius 1 is 1.13 bits per heavy atom. The predicted molar refractivity (Wildman–Crippen MR) is 118 cm³/mol. The van der Waals surface area contributed by atoms with E-state index in [2.05, 4.69) is 5.32 Å². The van der Waals surface area contributed by atoms with Crippen molar-refractivity contribution in [1.29, 1.82) is 0 Å². The summed E-state index contributed by atoms with van der Waals surface area (Å²) in [5, 5.41) is 3.03. The first-order valence-electron chi connectivity index (χ1n) is 10.8. The van der Waals surface area contributed by atoms with E-state index in [0.717, 1.165) is 31.2 Å². The second-order valence-electron chi connectivity index (χ2n) is 8.41. The van der Waals surface area contributed by atoms with Gasteiger partial charge < -0.3 is 15.0 Å². The Kier molecular flexibility index (Phi) is 5.92. The summed E-state index contributed by atoms with van der Waals surface area (Å²) in [5.41, 5.74) is 1.93. The number of fused-ring (bicyclic) bond motifs is 1. The van der Waals surface area contributed by atoms with E-state index in [9.17, 15) is 14.4 Å². The van der Waals surface area contributed by atoms with Gasteiger partial charge in [-0.1, -0.05) is 43.2 Å². The van der Waals surface area contributed by atoms with Crippen LogP contribution in [-0.2, 0) is 9.53 Å². The normalized spacial score (nSPS) is 19.4. The molecule has 0 bridgehead atoms. The fraction of sp³-hybridized carbons (Fsp3) is 0.400. The summed E-state index contributed by atoms with van der Waals surface area (Å²) in [6.07, 6.45) is 3.51. The SMILES string of the molecule is COCCN1C(=O)c2ccccc2C(C(=O)Nc2cccc(C(C)=O)c2)C12CCCC2. The lowest BCUT2D eigenvalue weighted by molar-refractivity contribution is -0.121. The summed E-state index contributed by atoms with van der Waals surface area (Å²) in [7, 11) is 1.62. The number of anilines is 1. The van der Waals surface area contributed by atoms with E-state index in [1.54, 1.807) is 37.4 Å². The molecule has 6 nitrogen and oxygen atoms in total. The molecule has 0 aromatic heterocycles. The summed E-state index contributed by atoms with van der Waals surface area (Å²) >= 11 is 0. The zero-order valence-electron chi connectivity index (χ0n) is 18.0. The molecular weight excluding hydrogens is 392 g/mol. The Morgan fingerprint density at radius 2 is 1.87 bits per heavy atom. The minimum atomic E-state index is -0.563. The molecule has 6 heteroatoms. The number of ketones is 1. The van der Waals surface area contributed by atoms with Crippen molar-refractivity contribution in [3.63, 3.8) is 0 Å². The summed E-state index contributed by atoms with van der Waals surface area (Å²) in [6, 6.07) is 14.4. The monoisotopic (exact) mass is 420 g/mol. The molecule has 4 rings (SSSR count). The maximum absolute atomic E-state index is 13.7. The number of carbonyl (C=O) groups excluding carboxylic acids is 3. The number of ether oxygens (including phenoxy) is 1. The number of hydrogen-bond donors (Lipinski definition) is 1. The van der Waals surface area contributed by atoms with Crippen LogP contribution in [0.15, 0.2) is 48.5 Å². The molecule has 2 aromatic rings. The number of hydrogen-bond acceptors (Lipinski definition) is 4. The van der Waals surface area contributed by atoms with E-state index in [0.29, 0.717) is 30.0 Å². The van der Waals surface area contributed by atoms with Gasteiger partial charge in [0.25, 0.3) is 5.91 Å². The highest BCUT2D eigenvalue weighted by Crippen LogP contribution is 2.50. The van der Waals surface area contributed by atoms with E-state index >= 15 is 0 Å². The molecule has 2 aromatic carbocycles. The molecule has 1 aliphatic heterocycles. The van der Waals surface area contributed by atoms with Gasteiger partial charge in [-0.05, 0) is 43.5 Å². The lowest BCUT2D eigenvalue weighted by Crippen LogP contribution is -2.60. The maximum Gasteiger partial charge on any atom is 0.254 e. The van der Waals surface area contributed by atoms with Crippen molar-refractivity contribution >= 4 is 23.3 Å². The van der Waals surface area contributed by atoms with Crippen LogP contribution in [0.5, 0.6) is 0 Å². The first kappa shape index (κ1) is 21.2. The number of carbonyl (C=O) groups is 3. The molecule has 0 saturated heterocycles. The second kappa shape index (κ2) is 8.63. The van der Waals surface area contributed by atoms with Gasteiger partial charge in [0, 0.05) is 30.5 Å². The first-order chi connectivity index (χ1) is 15.0. The van der Waals surface area contributed by atoms with Crippen LogP contribution in [0.3, 0.4) is 0 Å². The van der Waals surface area contributed by atoms with Gasteiger partial charge >= 0.3 is 0 Å². The van der Waals surface area contributed by atoms with Crippen molar-refractivity contribution in [2.45, 2.75) is 44.1 Å². The van der Waals surface area contributed by atoms with Crippen molar-refractivity contribution in [2.24, 2.45) is 0 Å². The molecule has 31 heavy (non-hydrogen) atoms. The minimum absolute atomic E-state index is 0.0304. The third kappa shape index (κ3) is 3.76. The summed E-state index contributed by atoms with van der Waals surface area (Å²) < 4.78 is 5.28. The quantitative estimate of drug-likeness (QED) is 0.716. The fourth-order valence-corrected chi connectivity index (χ4v) is 5.20.